The maximum atomic E-state index is 9.44. The van der Waals surface area contributed by atoms with Crippen LogP contribution in [0, 0.1) is 5.92 Å². The van der Waals surface area contributed by atoms with E-state index in [4.69, 9.17) is 15.0 Å². The van der Waals surface area contributed by atoms with Crippen LogP contribution in [-0.2, 0) is 4.74 Å². The minimum atomic E-state index is -0.719. The normalized spacial score (nSPS) is 22.1. The van der Waals surface area contributed by atoms with E-state index in [0.717, 1.165) is 12.8 Å². The summed E-state index contributed by atoms with van der Waals surface area (Å²) in [5, 5.41) is 13.4. The van der Waals surface area contributed by atoms with Gasteiger partial charge >= 0.3 is 0 Å². The van der Waals surface area contributed by atoms with Gasteiger partial charge in [0.05, 0.1) is 6.10 Å². The molecule has 1 unspecified atom stereocenters. The van der Waals surface area contributed by atoms with E-state index in [2.05, 4.69) is 10.1 Å². The summed E-state index contributed by atoms with van der Waals surface area (Å²) in [4.78, 5) is 4.29. The molecule has 108 valence electrons. The molecule has 1 aliphatic rings. The van der Waals surface area contributed by atoms with E-state index >= 15 is 0 Å². The number of hydrogen-bond acceptors (Lipinski definition) is 6. The van der Waals surface area contributed by atoms with Crippen molar-refractivity contribution in [3.8, 4) is 0 Å². The quantitative estimate of drug-likeness (QED) is 0.845. The fraction of sp³-hybridized carbons (Fsp3) is 0.846. The standard InChI is InChI=1S/C13H23N3O3/c1-8(17)10(14)13-15-12(16-19-13)11(18-2)9-6-4-3-5-7-9/h8-11,17H,3-7,14H2,1-2H3/t8-,10+,11?/m1/s1. The van der Waals surface area contributed by atoms with Gasteiger partial charge in [0.1, 0.15) is 12.1 Å². The molecular formula is C13H23N3O3. The van der Waals surface area contributed by atoms with Gasteiger partial charge in [0.2, 0.25) is 11.7 Å². The number of nitrogens with zero attached hydrogens (tertiary/aromatic N) is 2. The van der Waals surface area contributed by atoms with Gasteiger partial charge in [-0.3, -0.25) is 0 Å². The largest absolute Gasteiger partial charge is 0.391 e. The average molecular weight is 269 g/mol. The molecule has 1 heterocycles. The van der Waals surface area contributed by atoms with Crippen LogP contribution in [0.15, 0.2) is 4.52 Å². The Labute approximate surface area is 113 Å². The first-order chi connectivity index (χ1) is 9.13. The molecule has 2 rings (SSSR count). The molecule has 0 bridgehead atoms. The van der Waals surface area contributed by atoms with E-state index in [1.807, 2.05) is 0 Å². The Morgan fingerprint density at radius 3 is 2.63 bits per heavy atom. The highest BCUT2D eigenvalue weighted by molar-refractivity contribution is 4.98. The van der Waals surface area contributed by atoms with Gasteiger partial charge in [0, 0.05) is 7.11 Å². The first kappa shape index (κ1) is 14.4. The molecular weight excluding hydrogens is 246 g/mol. The number of rotatable bonds is 5. The van der Waals surface area contributed by atoms with Crippen molar-refractivity contribution in [2.45, 2.75) is 57.3 Å². The monoisotopic (exact) mass is 269 g/mol. The molecule has 0 saturated heterocycles. The van der Waals surface area contributed by atoms with E-state index in [9.17, 15) is 5.11 Å². The van der Waals surface area contributed by atoms with Gasteiger partial charge in [-0.1, -0.05) is 24.4 Å². The maximum Gasteiger partial charge on any atom is 0.246 e. The van der Waals surface area contributed by atoms with Crippen molar-refractivity contribution in [2.75, 3.05) is 7.11 Å². The number of aromatic nitrogens is 2. The highest BCUT2D eigenvalue weighted by atomic mass is 16.5. The molecule has 3 N–H and O–H groups in total. The zero-order valence-corrected chi connectivity index (χ0v) is 11.6. The minimum absolute atomic E-state index is 0.140. The minimum Gasteiger partial charge on any atom is -0.391 e. The van der Waals surface area contributed by atoms with Crippen LogP contribution in [0.2, 0.25) is 0 Å². The smallest absolute Gasteiger partial charge is 0.246 e. The Morgan fingerprint density at radius 2 is 2.05 bits per heavy atom. The Balaban J connectivity index is 2.10. The van der Waals surface area contributed by atoms with E-state index in [0.29, 0.717) is 11.7 Å². The topological polar surface area (TPSA) is 94.4 Å². The second kappa shape index (κ2) is 6.45. The van der Waals surface area contributed by atoms with Crippen molar-refractivity contribution < 1.29 is 14.4 Å². The fourth-order valence-electron chi connectivity index (χ4n) is 2.65. The van der Waals surface area contributed by atoms with Crippen LogP contribution in [0.5, 0.6) is 0 Å². The van der Waals surface area contributed by atoms with Crippen molar-refractivity contribution in [1.82, 2.24) is 10.1 Å². The van der Waals surface area contributed by atoms with Crippen LogP contribution < -0.4 is 5.73 Å². The molecule has 1 fully saturated rings. The lowest BCUT2D eigenvalue weighted by Gasteiger charge is -2.26. The predicted octanol–water partition coefficient (Wildman–Crippen LogP) is 1.72. The summed E-state index contributed by atoms with van der Waals surface area (Å²) in [6.45, 7) is 1.60. The molecule has 1 aromatic heterocycles. The molecule has 6 heteroatoms. The molecule has 0 radical (unpaired) electrons. The van der Waals surface area contributed by atoms with Crippen LogP contribution in [0.1, 0.15) is 62.9 Å². The molecule has 1 aliphatic carbocycles. The van der Waals surface area contributed by atoms with E-state index < -0.39 is 12.1 Å². The number of hydrogen-bond donors (Lipinski definition) is 2. The molecule has 3 atom stereocenters. The highest BCUT2D eigenvalue weighted by Gasteiger charge is 2.30. The summed E-state index contributed by atoms with van der Waals surface area (Å²) in [5.41, 5.74) is 5.78. The van der Waals surface area contributed by atoms with Crippen LogP contribution in [-0.4, -0.2) is 28.5 Å². The maximum absolute atomic E-state index is 9.44. The highest BCUT2D eigenvalue weighted by Crippen LogP contribution is 2.35. The molecule has 1 saturated carbocycles. The Hall–Kier alpha value is -0.980. The number of nitrogens with two attached hydrogens (primary N) is 1. The van der Waals surface area contributed by atoms with Crippen LogP contribution in [0.3, 0.4) is 0 Å². The van der Waals surface area contributed by atoms with Crippen molar-refractivity contribution in [2.24, 2.45) is 11.7 Å². The first-order valence-corrected chi connectivity index (χ1v) is 6.93. The number of methoxy groups -OCH3 is 1. The number of ether oxygens (including phenoxy) is 1. The second-order valence-corrected chi connectivity index (χ2v) is 5.31. The van der Waals surface area contributed by atoms with Crippen LogP contribution in [0.25, 0.3) is 0 Å². The van der Waals surface area contributed by atoms with Gasteiger partial charge in [-0.15, -0.1) is 0 Å². The van der Waals surface area contributed by atoms with Crippen molar-refractivity contribution in [3.05, 3.63) is 11.7 Å². The zero-order chi connectivity index (χ0) is 13.8. The van der Waals surface area contributed by atoms with Gasteiger partial charge in [0.15, 0.2) is 0 Å². The molecule has 0 aliphatic heterocycles. The van der Waals surface area contributed by atoms with Crippen molar-refractivity contribution >= 4 is 0 Å². The Kier molecular flexibility index (Phi) is 4.90. The van der Waals surface area contributed by atoms with E-state index in [-0.39, 0.29) is 12.0 Å². The van der Waals surface area contributed by atoms with Gasteiger partial charge in [-0.05, 0) is 25.7 Å². The lowest BCUT2D eigenvalue weighted by Crippen LogP contribution is -2.24. The summed E-state index contributed by atoms with van der Waals surface area (Å²) < 4.78 is 10.7. The Bertz CT molecular complexity index is 388. The van der Waals surface area contributed by atoms with Gasteiger partial charge in [-0.2, -0.15) is 4.98 Å². The average Bonchev–Trinajstić information content (AvgIpc) is 2.89. The van der Waals surface area contributed by atoms with Crippen LogP contribution in [0.4, 0.5) is 0 Å². The molecule has 0 spiro atoms. The summed E-state index contributed by atoms with van der Waals surface area (Å²) in [7, 11) is 1.67. The lowest BCUT2D eigenvalue weighted by atomic mass is 9.85. The third kappa shape index (κ3) is 3.32. The molecule has 0 amide bonds. The van der Waals surface area contributed by atoms with E-state index in [1.54, 1.807) is 14.0 Å². The van der Waals surface area contributed by atoms with Gasteiger partial charge in [-0.25, -0.2) is 0 Å². The Morgan fingerprint density at radius 1 is 1.37 bits per heavy atom. The summed E-state index contributed by atoms with van der Waals surface area (Å²) >= 11 is 0. The third-order valence-electron chi connectivity index (χ3n) is 3.85. The lowest BCUT2D eigenvalue weighted by molar-refractivity contribution is 0.0273. The summed E-state index contributed by atoms with van der Waals surface area (Å²) in [6.07, 6.45) is 5.14. The molecule has 1 aromatic rings. The molecule has 6 nitrogen and oxygen atoms in total. The van der Waals surface area contributed by atoms with Gasteiger partial charge < -0.3 is 20.1 Å². The zero-order valence-electron chi connectivity index (χ0n) is 11.6. The third-order valence-corrected chi connectivity index (χ3v) is 3.85. The number of aliphatic hydroxyl groups is 1. The van der Waals surface area contributed by atoms with Crippen LogP contribution >= 0.6 is 0 Å². The first-order valence-electron chi connectivity index (χ1n) is 6.93. The SMILES string of the molecule is COC(c1noc([C@@H](N)[C@@H](C)O)n1)C1CCCCC1. The summed E-state index contributed by atoms with van der Waals surface area (Å²) in [5.74, 6) is 1.25. The van der Waals surface area contributed by atoms with Gasteiger partial charge in [0.25, 0.3) is 0 Å². The predicted molar refractivity (Wildman–Crippen MR) is 69.2 cm³/mol. The second-order valence-electron chi connectivity index (χ2n) is 5.31. The fourth-order valence-corrected chi connectivity index (χ4v) is 2.65. The number of aliphatic hydroxyl groups excluding tert-OH is 1. The summed E-state index contributed by atoms with van der Waals surface area (Å²) in [6, 6.07) is -0.648. The molecule has 0 aromatic carbocycles. The van der Waals surface area contributed by atoms with Crippen molar-refractivity contribution in [3.63, 3.8) is 0 Å². The van der Waals surface area contributed by atoms with Crippen molar-refractivity contribution in [1.29, 1.82) is 0 Å². The molecule has 19 heavy (non-hydrogen) atoms. The van der Waals surface area contributed by atoms with E-state index in [1.165, 1.54) is 19.3 Å².